The highest BCUT2D eigenvalue weighted by Gasteiger charge is 2.21. The maximum atomic E-state index is 13.5. The highest BCUT2D eigenvalue weighted by atomic mass is 19.1. The molecule has 0 saturated heterocycles. The first kappa shape index (κ1) is 14.1. The van der Waals surface area contributed by atoms with Gasteiger partial charge in [0.25, 0.3) is 0 Å². The predicted octanol–water partition coefficient (Wildman–Crippen LogP) is 3.22. The van der Waals surface area contributed by atoms with Crippen LogP contribution in [0.1, 0.15) is 29.8 Å². The number of hydrogen-bond donors (Lipinski definition) is 1. The molecular formula is C16H20FN3O. The molecule has 2 aromatic rings. The quantitative estimate of drug-likeness (QED) is 0.918. The van der Waals surface area contributed by atoms with E-state index in [4.69, 9.17) is 4.74 Å². The van der Waals surface area contributed by atoms with Crippen LogP contribution in [0, 0.1) is 19.7 Å². The summed E-state index contributed by atoms with van der Waals surface area (Å²) in [7, 11) is 1.88. The number of nitrogens with zero attached hydrogens (tertiary/aromatic N) is 2. The minimum atomic E-state index is -0.241. The van der Waals surface area contributed by atoms with Crippen LogP contribution in [0.25, 0.3) is 0 Å². The van der Waals surface area contributed by atoms with Gasteiger partial charge in [0.1, 0.15) is 17.3 Å². The molecule has 1 aromatic heterocycles. The van der Waals surface area contributed by atoms with Crippen LogP contribution in [0.5, 0.6) is 11.5 Å². The normalized spacial score (nSPS) is 14.5. The second kappa shape index (κ2) is 5.48. The van der Waals surface area contributed by atoms with Crippen molar-refractivity contribution >= 4 is 0 Å². The summed E-state index contributed by atoms with van der Waals surface area (Å²) in [6.07, 6.45) is 2.40. The molecule has 0 spiro atoms. The largest absolute Gasteiger partial charge is 0.453 e. The van der Waals surface area contributed by atoms with Gasteiger partial charge < -0.3 is 10.1 Å². The summed E-state index contributed by atoms with van der Waals surface area (Å²) in [5.41, 5.74) is 2.63. The van der Waals surface area contributed by atoms with Gasteiger partial charge in [0.15, 0.2) is 5.75 Å². The molecule has 0 radical (unpaired) electrons. The minimum absolute atomic E-state index is 0.241. The van der Waals surface area contributed by atoms with Crippen molar-refractivity contribution in [3.8, 4) is 11.5 Å². The Hall–Kier alpha value is -1.88. The van der Waals surface area contributed by atoms with E-state index in [1.54, 1.807) is 10.7 Å². The first-order valence-corrected chi connectivity index (χ1v) is 7.24. The van der Waals surface area contributed by atoms with E-state index in [2.05, 4.69) is 10.4 Å². The summed E-state index contributed by atoms with van der Waals surface area (Å²) < 4.78 is 21.3. The molecule has 0 unspecified atom stereocenters. The van der Waals surface area contributed by atoms with Crippen LogP contribution in [0.3, 0.4) is 0 Å². The molecule has 5 heteroatoms. The van der Waals surface area contributed by atoms with Crippen LogP contribution in [0.15, 0.2) is 18.2 Å². The molecule has 21 heavy (non-hydrogen) atoms. The summed E-state index contributed by atoms with van der Waals surface area (Å²) >= 11 is 0. The Morgan fingerprint density at radius 3 is 2.76 bits per heavy atom. The van der Waals surface area contributed by atoms with Crippen LogP contribution >= 0.6 is 0 Å². The molecule has 1 heterocycles. The highest BCUT2D eigenvalue weighted by molar-refractivity contribution is 5.41. The van der Waals surface area contributed by atoms with E-state index in [-0.39, 0.29) is 5.82 Å². The molecule has 112 valence electrons. The van der Waals surface area contributed by atoms with Crippen molar-refractivity contribution in [3.05, 3.63) is 41.0 Å². The van der Waals surface area contributed by atoms with Crippen molar-refractivity contribution < 1.29 is 9.13 Å². The van der Waals surface area contributed by atoms with Crippen LogP contribution in [0.4, 0.5) is 4.39 Å². The second-order valence-electron chi connectivity index (χ2n) is 5.63. The van der Waals surface area contributed by atoms with Gasteiger partial charge in [-0.25, -0.2) is 4.39 Å². The molecular weight excluding hydrogens is 269 g/mol. The fraction of sp³-hybridized carbons (Fsp3) is 0.438. The van der Waals surface area contributed by atoms with Gasteiger partial charge in [-0.15, -0.1) is 0 Å². The number of nitrogens with one attached hydrogen (secondary N) is 1. The maximum Gasteiger partial charge on any atom is 0.171 e. The molecule has 1 aromatic carbocycles. The molecule has 3 rings (SSSR count). The Balaban J connectivity index is 1.86. The minimum Gasteiger partial charge on any atom is -0.453 e. The van der Waals surface area contributed by atoms with Crippen LogP contribution < -0.4 is 10.1 Å². The summed E-state index contributed by atoms with van der Waals surface area (Å²) in [4.78, 5) is 0. The zero-order valence-electron chi connectivity index (χ0n) is 12.6. The topological polar surface area (TPSA) is 39.1 Å². The lowest BCUT2D eigenvalue weighted by molar-refractivity contribution is 0.462. The number of aryl methyl sites for hydroxylation is 2. The zero-order valence-corrected chi connectivity index (χ0v) is 12.6. The zero-order chi connectivity index (χ0) is 15.0. The van der Waals surface area contributed by atoms with Gasteiger partial charge in [0, 0.05) is 25.2 Å². The van der Waals surface area contributed by atoms with Gasteiger partial charge in [-0.05, 0) is 44.9 Å². The van der Waals surface area contributed by atoms with Crippen LogP contribution in [0.2, 0.25) is 0 Å². The van der Waals surface area contributed by atoms with Crippen molar-refractivity contribution in [2.24, 2.45) is 7.05 Å². The molecule has 0 amide bonds. The van der Waals surface area contributed by atoms with Crippen molar-refractivity contribution in [3.63, 3.8) is 0 Å². The second-order valence-corrected chi connectivity index (χ2v) is 5.63. The number of benzene rings is 1. The van der Waals surface area contributed by atoms with Gasteiger partial charge in [-0.3, -0.25) is 4.68 Å². The van der Waals surface area contributed by atoms with Gasteiger partial charge in [0.2, 0.25) is 0 Å². The summed E-state index contributed by atoms with van der Waals surface area (Å²) in [5.74, 6) is 1.19. The Morgan fingerprint density at radius 2 is 2.14 bits per heavy atom. The first-order chi connectivity index (χ1) is 10.0. The molecule has 0 atom stereocenters. The smallest absolute Gasteiger partial charge is 0.171 e. The molecule has 1 saturated carbocycles. The third-order valence-electron chi connectivity index (χ3n) is 3.84. The monoisotopic (exact) mass is 289 g/mol. The molecule has 1 fully saturated rings. The van der Waals surface area contributed by atoms with E-state index < -0.39 is 0 Å². The number of hydrogen-bond acceptors (Lipinski definition) is 3. The average molecular weight is 289 g/mol. The first-order valence-electron chi connectivity index (χ1n) is 7.24. The van der Waals surface area contributed by atoms with Crippen LogP contribution in [-0.2, 0) is 13.6 Å². The van der Waals surface area contributed by atoms with Gasteiger partial charge in [-0.2, -0.15) is 5.10 Å². The number of rotatable bonds is 5. The molecule has 1 aliphatic carbocycles. The third-order valence-corrected chi connectivity index (χ3v) is 3.84. The van der Waals surface area contributed by atoms with E-state index in [0.717, 1.165) is 22.7 Å². The van der Waals surface area contributed by atoms with Crippen molar-refractivity contribution in [1.82, 2.24) is 15.1 Å². The number of ether oxygens (including phenoxy) is 1. The van der Waals surface area contributed by atoms with E-state index >= 15 is 0 Å². The molecule has 1 aliphatic rings. The van der Waals surface area contributed by atoms with E-state index in [9.17, 15) is 4.39 Å². The summed E-state index contributed by atoms with van der Waals surface area (Å²) in [5, 5.41) is 7.73. The summed E-state index contributed by atoms with van der Waals surface area (Å²) in [6, 6.07) is 5.22. The SMILES string of the molecule is Cc1nn(C)c(C)c1Oc1ccc(F)cc1CNC1CC1. The average Bonchev–Trinajstić information content (AvgIpc) is 3.23. The molecule has 0 bridgehead atoms. The van der Waals surface area contributed by atoms with Gasteiger partial charge >= 0.3 is 0 Å². The standard InChI is InChI=1S/C16H20FN3O/c1-10-16(11(2)20(3)19-10)21-15-7-4-13(17)8-12(15)9-18-14-5-6-14/h4,7-8,14,18H,5-6,9H2,1-3H3. The fourth-order valence-corrected chi connectivity index (χ4v) is 2.34. The van der Waals surface area contributed by atoms with E-state index in [1.165, 1.54) is 25.0 Å². The van der Waals surface area contributed by atoms with E-state index in [1.807, 2.05) is 20.9 Å². The summed E-state index contributed by atoms with van der Waals surface area (Å²) in [6.45, 7) is 4.49. The number of aromatic nitrogens is 2. The van der Waals surface area contributed by atoms with E-state index in [0.29, 0.717) is 18.3 Å². The van der Waals surface area contributed by atoms with Gasteiger partial charge in [0.05, 0.1) is 5.69 Å². The Bertz CT molecular complexity index is 662. The lowest BCUT2D eigenvalue weighted by atomic mass is 10.2. The lowest BCUT2D eigenvalue weighted by Gasteiger charge is -2.12. The lowest BCUT2D eigenvalue weighted by Crippen LogP contribution is -2.16. The third kappa shape index (κ3) is 3.08. The van der Waals surface area contributed by atoms with Gasteiger partial charge in [-0.1, -0.05) is 0 Å². The van der Waals surface area contributed by atoms with Crippen molar-refractivity contribution in [1.29, 1.82) is 0 Å². The highest BCUT2D eigenvalue weighted by Crippen LogP contribution is 2.31. The van der Waals surface area contributed by atoms with Crippen molar-refractivity contribution in [2.75, 3.05) is 0 Å². The molecule has 0 aliphatic heterocycles. The predicted molar refractivity (Wildman–Crippen MR) is 79.0 cm³/mol. The molecule has 1 N–H and O–H groups in total. The number of halogens is 1. The van der Waals surface area contributed by atoms with Crippen LogP contribution in [-0.4, -0.2) is 15.8 Å². The maximum absolute atomic E-state index is 13.5. The Morgan fingerprint density at radius 1 is 1.38 bits per heavy atom. The molecule has 4 nitrogen and oxygen atoms in total. The Kier molecular flexibility index (Phi) is 3.68. The van der Waals surface area contributed by atoms with Crippen molar-refractivity contribution in [2.45, 2.75) is 39.3 Å². The Labute approximate surface area is 123 Å². The fourth-order valence-electron chi connectivity index (χ4n) is 2.34.